The number of alkyl halides is 1. The molecule has 3 N–H and O–H groups in total. The predicted octanol–water partition coefficient (Wildman–Crippen LogP) is 7.78. The van der Waals surface area contributed by atoms with Crippen LogP contribution in [0.5, 0.6) is 0 Å². The fraction of sp³-hybridized carbons (Fsp3) is 1.00. The molecule has 0 aromatic rings. The smallest absolute Gasteiger partial charge is 0.0678 e. The van der Waals surface area contributed by atoms with Gasteiger partial charge in [-0.3, -0.25) is 0 Å². The molecule has 0 saturated carbocycles. The van der Waals surface area contributed by atoms with Crippen molar-refractivity contribution in [3.05, 3.63) is 0 Å². The highest BCUT2D eigenvalue weighted by molar-refractivity contribution is 8.93. The van der Waals surface area contributed by atoms with Crippen molar-refractivity contribution in [2.75, 3.05) is 5.88 Å². The van der Waals surface area contributed by atoms with Crippen molar-refractivity contribution in [3.8, 4) is 0 Å². The first-order chi connectivity index (χ1) is 12.4. The average Bonchev–Trinajstić information content (AvgIpc) is 2.59. The highest BCUT2D eigenvalue weighted by Crippen LogP contribution is 2.26. The lowest BCUT2D eigenvalue weighted by molar-refractivity contribution is 0.133. The third-order valence-corrected chi connectivity index (χ3v) is 6.05. The molecular weight excluding hydrogens is 422 g/mol. The fourth-order valence-electron chi connectivity index (χ4n) is 3.77. The summed E-state index contributed by atoms with van der Waals surface area (Å²) in [5.41, 5.74) is 6.05. The van der Waals surface area contributed by atoms with Crippen LogP contribution >= 0.6 is 28.6 Å². The van der Waals surface area contributed by atoms with Crippen molar-refractivity contribution in [3.63, 3.8) is 0 Å². The van der Waals surface area contributed by atoms with Crippen LogP contribution in [0.15, 0.2) is 0 Å². The molecule has 2 unspecified atom stereocenters. The minimum atomic E-state index is -0.420. The van der Waals surface area contributed by atoms with Crippen molar-refractivity contribution in [1.82, 2.24) is 0 Å². The molecule has 4 heteroatoms. The van der Waals surface area contributed by atoms with Gasteiger partial charge in [0.05, 0.1) is 6.10 Å². The Kier molecular flexibility index (Phi) is 22.1. The maximum atomic E-state index is 9.82. The zero-order valence-corrected chi connectivity index (χ0v) is 21.0. The number of halogens is 2. The van der Waals surface area contributed by atoms with Gasteiger partial charge in [-0.1, -0.05) is 96.8 Å². The first kappa shape index (κ1) is 29.9. The second-order valence-electron chi connectivity index (χ2n) is 8.95. The number of aliphatic hydroxyl groups excluding tert-OH is 1. The summed E-state index contributed by atoms with van der Waals surface area (Å²) >= 11 is 5.75. The van der Waals surface area contributed by atoms with E-state index in [1.165, 1.54) is 89.9 Å². The van der Waals surface area contributed by atoms with Crippen molar-refractivity contribution in [2.45, 2.75) is 135 Å². The van der Waals surface area contributed by atoms with Gasteiger partial charge in [0.25, 0.3) is 0 Å². The molecular formula is C23H49BrClNO. The fourth-order valence-corrected chi connectivity index (χ4v) is 3.90. The summed E-state index contributed by atoms with van der Waals surface area (Å²) in [6.07, 6.45) is 20.8. The van der Waals surface area contributed by atoms with E-state index in [4.69, 9.17) is 17.3 Å². The Balaban J connectivity index is 0. The van der Waals surface area contributed by atoms with Crippen LogP contribution in [0.4, 0.5) is 0 Å². The lowest BCUT2D eigenvalue weighted by atomic mass is 9.80. The molecule has 27 heavy (non-hydrogen) atoms. The van der Waals surface area contributed by atoms with Crippen LogP contribution in [0, 0.1) is 5.92 Å². The van der Waals surface area contributed by atoms with Crippen LogP contribution in [0.1, 0.15) is 124 Å². The first-order valence-electron chi connectivity index (χ1n) is 11.4. The van der Waals surface area contributed by atoms with E-state index in [2.05, 4.69) is 20.8 Å². The maximum Gasteiger partial charge on any atom is 0.0678 e. The van der Waals surface area contributed by atoms with Gasteiger partial charge in [0, 0.05) is 11.4 Å². The topological polar surface area (TPSA) is 46.2 Å². The normalized spacial score (nSPS) is 14.0. The molecule has 0 radical (unpaired) electrons. The van der Waals surface area contributed by atoms with Gasteiger partial charge >= 0.3 is 0 Å². The summed E-state index contributed by atoms with van der Waals surface area (Å²) in [6, 6.07) is 0. The van der Waals surface area contributed by atoms with Crippen LogP contribution in [0.3, 0.4) is 0 Å². The summed E-state index contributed by atoms with van der Waals surface area (Å²) in [6.45, 7) is 6.42. The van der Waals surface area contributed by atoms with E-state index >= 15 is 0 Å². The summed E-state index contributed by atoms with van der Waals surface area (Å²) in [7, 11) is 0. The zero-order chi connectivity index (χ0) is 19.7. The van der Waals surface area contributed by atoms with Gasteiger partial charge in [0.2, 0.25) is 0 Å². The molecule has 0 rings (SSSR count). The third kappa shape index (κ3) is 19.8. The Labute approximate surface area is 186 Å². The Morgan fingerprint density at radius 3 is 1.48 bits per heavy atom. The van der Waals surface area contributed by atoms with E-state index in [9.17, 15) is 5.11 Å². The number of aliphatic hydroxyl groups is 1. The van der Waals surface area contributed by atoms with E-state index in [1.807, 2.05) is 0 Å². The van der Waals surface area contributed by atoms with E-state index in [1.54, 1.807) is 0 Å². The van der Waals surface area contributed by atoms with E-state index < -0.39 is 6.10 Å². The van der Waals surface area contributed by atoms with Gasteiger partial charge in [-0.25, -0.2) is 0 Å². The summed E-state index contributed by atoms with van der Waals surface area (Å²) in [4.78, 5) is 0. The van der Waals surface area contributed by atoms with Crippen LogP contribution in [0.2, 0.25) is 0 Å². The molecule has 0 aliphatic rings. The second kappa shape index (κ2) is 20.0. The van der Waals surface area contributed by atoms with Crippen molar-refractivity contribution in [1.29, 1.82) is 0 Å². The van der Waals surface area contributed by atoms with Crippen LogP contribution in [0.25, 0.3) is 0 Å². The van der Waals surface area contributed by atoms with Gasteiger partial charge in [-0.05, 0) is 32.6 Å². The second-order valence-corrected chi connectivity index (χ2v) is 9.26. The zero-order valence-electron chi connectivity index (χ0n) is 18.5. The highest BCUT2D eigenvalue weighted by atomic mass is 79.9. The largest absolute Gasteiger partial charge is 0.392 e. The molecule has 0 spiro atoms. The number of hydrogen-bond donors (Lipinski definition) is 2. The SMILES string of the molecule is Br.CCCCCCCCCCCCCCCCC(CC(O)CCl)C(C)(C)N. The summed E-state index contributed by atoms with van der Waals surface area (Å²) in [5.74, 6) is 0.666. The number of nitrogens with two attached hydrogens (primary N) is 1. The molecule has 0 amide bonds. The Hall–Kier alpha value is 0.690. The molecule has 2 nitrogen and oxygen atoms in total. The molecule has 0 aliphatic heterocycles. The molecule has 0 aromatic carbocycles. The first-order valence-corrected chi connectivity index (χ1v) is 12.0. The van der Waals surface area contributed by atoms with Gasteiger partial charge in [-0.2, -0.15) is 0 Å². The molecule has 2 atom stereocenters. The van der Waals surface area contributed by atoms with Crippen LogP contribution < -0.4 is 5.73 Å². The maximum absolute atomic E-state index is 9.82. The van der Waals surface area contributed by atoms with Crippen LogP contribution in [-0.4, -0.2) is 22.6 Å². The van der Waals surface area contributed by atoms with Gasteiger partial charge < -0.3 is 10.8 Å². The van der Waals surface area contributed by atoms with Crippen molar-refractivity contribution < 1.29 is 5.11 Å². The van der Waals surface area contributed by atoms with E-state index in [0.717, 1.165) is 12.8 Å². The molecule has 0 heterocycles. The van der Waals surface area contributed by atoms with Crippen molar-refractivity contribution in [2.24, 2.45) is 11.7 Å². The Bertz CT molecular complexity index is 297. The standard InChI is InChI=1S/C23H48ClNO.BrH/c1-4-5-6-7-8-9-10-11-12-13-14-15-16-17-18-21(23(2,3)25)19-22(26)20-24;/h21-22,26H,4-20,25H2,1-3H3;1H. The predicted molar refractivity (Wildman–Crippen MR) is 128 cm³/mol. The van der Waals surface area contributed by atoms with E-state index in [-0.39, 0.29) is 22.5 Å². The monoisotopic (exact) mass is 469 g/mol. The minimum Gasteiger partial charge on any atom is -0.392 e. The van der Waals surface area contributed by atoms with Gasteiger partial charge in [0.1, 0.15) is 0 Å². The lowest BCUT2D eigenvalue weighted by Crippen LogP contribution is -2.42. The minimum absolute atomic E-state index is 0. The number of rotatable bonds is 19. The molecule has 166 valence electrons. The van der Waals surface area contributed by atoms with Gasteiger partial charge in [-0.15, -0.1) is 28.6 Å². The third-order valence-electron chi connectivity index (χ3n) is 5.69. The average molecular weight is 471 g/mol. The van der Waals surface area contributed by atoms with Crippen molar-refractivity contribution >= 4 is 28.6 Å². The van der Waals surface area contributed by atoms with Gasteiger partial charge in [0.15, 0.2) is 0 Å². The molecule has 0 bridgehead atoms. The summed E-state index contributed by atoms with van der Waals surface area (Å²) < 4.78 is 0. The molecule has 0 aliphatic carbocycles. The Morgan fingerprint density at radius 1 is 0.778 bits per heavy atom. The molecule has 0 fully saturated rings. The highest BCUT2D eigenvalue weighted by Gasteiger charge is 2.26. The molecule has 0 aromatic heterocycles. The van der Waals surface area contributed by atoms with Crippen LogP contribution in [-0.2, 0) is 0 Å². The quantitative estimate of drug-likeness (QED) is 0.149. The lowest BCUT2D eigenvalue weighted by Gasteiger charge is -2.32. The van der Waals surface area contributed by atoms with E-state index in [0.29, 0.717) is 11.8 Å². The molecule has 0 saturated heterocycles. The number of hydrogen-bond acceptors (Lipinski definition) is 2. The Morgan fingerprint density at radius 2 is 1.15 bits per heavy atom. The number of unbranched alkanes of at least 4 members (excludes halogenated alkanes) is 13. The summed E-state index contributed by atoms with van der Waals surface area (Å²) in [5, 5.41) is 9.82.